The molecule has 0 saturated carbocycles. The van der Waals surface area contributed by atoms with Crippen LogP contribution in [0.1, 0.15) is 16.8 Å². The number of nitrogens with zero attached hydrogens (tertiary/aromatic N) is 1. The minimum absolute atomic E-state index is 0.140. The maximum atomic E-state index is 11.5. The van der Waals surface area contributed by atoms with Crippen LogP contribution in [0.25, 0.3) is 0 Å². The summed E-state index contributed by atoms with van der Waals surface area (Å²) in [7, 11) is 2.61. The summed E-state index contributed by atoms with van der Waals surface area (Å²) in [5.41, 5.74) is 0.359. The number of nitriles is 1. The lowest BCUT2D eigenvalue weighted by molar-refractivity contribution is -0.115. The van der Waals surface area contributed by atoms with Crippen LogP contribution in [0.5, 0.6) is 5.75 Å². The van der Waals surface area contributed by atoms with Crippen molar-refractivity contribution in [2.24, 2.45) is 0 Å². The van der Waals surface area contributed by atoms with Crippen molar-refractivity contribution in [1.82, 2.24) is 0 Å². The Bertz CT molecular complexity index is 551. The van der Waals surface area contributed by atoms with Gasteiger partial charge in [-0.25, -0.2) is 4.79 Å². The van der Waals surface area contributed by atoms with Crippen molar-refractivity contribution < 1.29 is 19.1 Å². The Morgan fingerprint density at radius 2 is 2.11 bits per heavy atom. The second kappa shape index (κ2) is 6.61. The molecule has 1 aromatic rings. The van der Waals surface area contributed by atoms with Gasteiger partial charge in [0.15, 0.2) is 0 Å². The van der Waals surface area contributed by atoms with Crippen LogP contribution in [0.4, 0.5) is 5.69 Å². The number of carbonyl (C=O) groups excluding carboxylic acids is 2. The van der Waals surface area contributed by atoms with E-state index in [9.17, 15) is 9.59 Å². The average molecular weight is 283 g/mol. The molecule has 1 rings (SSSR count). The average Bonchev–Trinajstić information content (AvgIpc) is 2.40. The van der Waals surface area contributed by atoms with E-state index in [0.717, 1.165) is 0 Å². The van der Waals surface area contributed by atoms with Crippen LogP contribution in [0.2, 0.25) is 5.02 Å². The number of ether oxygens (including phenoxy) is 2. The normalized spacial score (nSPS) is 9.37. The third kappa shape index (κ3) is 3.60. The van der Waals surface area contributed by atoms with Gasteiger partial charge in [0.05, 0.1) is 31.5 Å². The Morgan fingerprint density at radius 3 is 2.63 bits per heavy atom. The Kier molecular flexibility index (Phi) is 5.15. The molecule has 0 aliphatic carbocycles. The van der Waals surface area contributed by atoms with Gasteiger partial charge in [-0.15, -0.1) is 0 Å². The number of esters is 1. The number of amides is 1. The van der Waals surface area contributed by atoms with E-state index in [1.54, 1.807) is 6.07 Å². The molecular weight excluding hydrogens is 272 g/mol. The van der Waals surface area contributed by atoms with Crippen LogP contribution in [-0.4, -0.2) is 26.1 Å². The van der Waals surface area contributed by atoms with E-state index in [1.807, 2.05) is 0 Å². The summed E-state index contributed by atoms with van der Waals surface area (Å²) in [6.07, 6.45) is -0.318. The molecule has 100 valence electrons. The maximum absolute atomic E-state index is 11.5. The molecule has 0 spiro atoms. The first kappa shape index (κ1) is 14.8. The lowest BCUT2D eigenvalue weighted by Gasteiger charge is -2.11. The maximum Gasteiger partial charge on any atom is 0.338 e. The monoisotopic (exact) mass is 282 g/mol. The predicted octanol–water partition coefficient (Wildman–Crippen LogP) is 1.99. The molecule has 1 N–H and O–H groups in total. The highest BCUT2D eigenvalue weighted by atomic mass is 35.5. The highest BCUT2D eigenvalue weighted by molar-refractivity contribution is 6.35. The van der Waals surface area contributed by atoms with Crippen molar-refractivity contribution >= 4 is 29.2 Å². The van der Waals surface area contributed by atoms with Crippen LogP contribution in [-0.2, 0) is 9.53 Å². The van der Waals surface area contributed by atoms with E-state index in [2.05, 4.69) is 10.1 Å². The van der Waals surface area contributed by atoms with Gasteiger partial charge in [0.2, 0.25) is 5.91 Å². The summed E-state index contributed by atoms with van der Waals surface area (Å²) >= 11 is 6.00. The second-order valence-corrected chi connectivity index (χ2v) is 3.79. The summed E-state index contributed by atoms with van der Waals surface area (Å²) in [5, 5.41) is 11.0. The summed E-state index contributed by atoms with van der Waals surface area (Å²) in [6, 6.07) is 4.46. The molecule has 19 heavy (non-hydrogen) atoms. The SMILES string of the molecule is COC(=O)c1cc(NC(=O)CC#N)c(Cl)c(OC)c1. The zero-order valence-electron chi connectivity index (χ0n) is 10.3. The number of nitrogens with one attached hydrogen (secondary N) is 1. The summed E-state index contributed by atoms with van der Waals surface area (Å²) in [4.78, 5) is 22.8. The summed E-state index contributed by atoms with van der Waals surface area (Å²) in [6.45, 7) is 0. The number of halogens is 1. The van der Waals surface area contributed by atoms with Crippen molar-refractivity contribution in [3.05, 3.63) is 22.7 Å². The van der Waals surface area contributed by atoms with E-state index in [-0.39, 0.29) is 28.4 Å². The fourth-order valence-electron chi connectivity index (χ4n) is 1.34. The molecule has 0 saturated heterocycles. The van der Waals surface area contributed by atoms with Gasteiger partial charge in [-0.1, -0.05) is 11.6 Å². The summed E-state index contributed by atoms with van der Waals surface area (Å²) in [5.74, 6) is -0.906. The molecule has 0 radical (unpaired) electrons. The van der Waals surface area contributed by atoms with E-state index < -0.39 is 11.9 Å². The second-order valence-electron chi connectivity index (χ2n) is 3.41. The Labute approximate surface area is 114 Å². The summed E-state index contributed by atoms with van der Waals surface area (Å²) < 4.78 is 9.59. The van der Waals surface area contributed by atoms with E-state index in [0.29, 0.717) is 0 Å². The first-order valence-electron chi connectivity index (χ1n) is 5.16. The largest absolute Gasteiger partial charge is 0.495 e. The zero-order chi connectivity index (χ0) is 14.4. The molecule has 0 aromatic heterocycles. The van der Waals surface area contributed by atoms with E-state index in [1.165, 1.54) is 26.4 Å². The minimum Gasteiger partial charge on any atom is -0.495 e. The fourth-order valence-corrected chi connectivity index (χ4v) is 1.57. The highest BCUT2D eigenvalue weighted by Gasteiger charge is 2.16. The van der Waals surface area contributed by atoms with Gasteiger partial charge in [-0.05, 0) is 12.1 Å². The van der Waals surface area contributed by atoms with Gasteiger partial charge in [0.1, 0.15) is 17.2 Å². The zero-order valence-corrected chi connectivity index (χ0v) is 11.1. The Hall–Kier alpha value is -2.26. The number of hydrogen-bond donors (Lipinski definition) is 1. The third-order valence-corrected chi connectivity index (χ3v) is 2.58. The van der Waals surface area contributed by atoms with Crippen LogP contribution < -0.4 is 10.1 Å². The third-order valence-electron chi connectivity index (χ3n) is 2.19. The minimum atomic E-state index is -0.592. The topological polar surface area (TPSA) is 88.4 Å². The fraction of sp³-hybridized carbons (Fsp3) is 0.250. The van der Waals surface area contributed by atoms with Gasteiger partial charge in [-0.2, -0.15) is 5.26 Å². The standard InChI is InChI=1S/C12H11ClN2O4/c1-18-9-6-7(12(17)19-2)5-8(11(9)13)15-10(16)3-4-14/h5-6H,3H2,1-2H3,(H,15,16). The predicted molar refractivity (Wildman–Crippen MR) is 68.2 cm³/mol. The molecular formula is C12H11ClN2O4. The molecule has 6 nitrogen and oxygen atoms in total. The van der Waals surface area contributed by atoms with Gasteiger partial charge in [0, 0.05) is 0 Å². The molecule has 0 fully saturated rings. The number of hydrogen-bond acceptors (Lipinski definition) is 5. The number of anilines is 1. The molecule has 0 heterocycles. The quantitative estimate of drug-likeness (QED) is 0.853. The number of benzene rings is 1. The van der Waals surface area contributed by atoms with Gasteiger partial charge < -0.3 is 14.8 Å². The lowest BCUT2D eigenvalue weighted by atomic mass is 10.2. The van der Waals surface area contributed by atoms with Crippen LogP contribution in [0.3, 0.4) is 0 Å². The van der Waals surface area contributed by atoms with E-state index >= 15 is 0 Å². The van der Waals surface area contributed by atoms with Gasteiger partial charge in [0.25, 0.3) is 0 Å². The molecule has 0 bridgehead atoms. The molecule has 1 amide bonds. The van der Waals surface area contributed by atoms with Crippen LogP contribution in [0.15, 0.2) is 12.1 Å². The molecule has 1 aromatic carbocycles. The first-order chi connectivity index (χ1) is 9.03. The van der Waals surface area contributed by atoms with Gasteiger partial charge in [-0.3, -0.25) is 4.79 Å². The molecule has 0 atom stereocenters. The molecule has 0 aliphatic rings. The van der Waals surface area contributed by atoms with Gasteiger partial charge >= 0.3 is 5.97 Å². The van der Waals surface area contributed by atoms with Crippen molar-refractivity contribution in [1.29, 1.82) is 5.26 Å². The molecule has 0 unspecified atom stereocenters. The van der Waals surface area contributed by atoms with Crippen molar-refractivity contribution in [2.45, 2.75) is 6.42 Å². The van der Waals surface area contributed by atoms with Crippen molar-refractivity contribution in [3.8, 4) is 11.8 Å². The number of methoxy groups -OCH3 is 2. The number of rotatable bonds is 4. The van der Waals surface area contributed by atoms with E-state index in [4.69, 9.17) is 21.6 Å². The van der Waals surface area contributed by atoms with Crippen LogP contribution in [0, 0.1) is 11.3 Å². The smallest absolute Gasteiger partial charge is 0.338 e. The number of carbonyl (C=O) groups is 2. The van der Waals surface area contributed by atoms with Crippen LogP contribution >= 0.6 is 11.6 Å². The molecule has 7 heteroatoms. The Morgan fingerprint density at radius 1 is 1.42 bits per heavy atom. The van der Waals surface area contributed by atoms with Crippen molar-refractivity contribution in [2.75, 3.05) is 19.5 Å². The first-order valence-corrected chi connectivity index (χ1v) is 5.54. The lowest BCUT2D eigenvalue weighted by Crippen LogP contribution is -2.12. The highest BCUT2D eigenvalue weighted by Crippen LogP contribution is 2.34. The van der Waals surface area contributed by atoms with Crippen molar-refractivity contribution in [3.63, 3.8) is 0 Å². The molecule has 0 aliphatic heterocycles. The Balaban J connectivity index is 3.18.